The molecule has 1 saturated heterocycles. The summed E-state index contributed by atoms with van der Waals surface area (Å²) in [7, 11) is 0. The van der Waals surface area contributed by atoms with Gasteiger partial charge in [-0.1, -0.05) is 27.2 Å². The maximum Gasteiger partial charge on any atom is 0.0221 e. The standard InChI is InChI=1S/C14H30N2/c1-5-7-10-16(13(4)6-2)11-14-12(3)8-9-15-14/h12-15H,5-11H2,1-4H3. The highest BCUT2D eigenvalue weighted by atomic mass is 15.2. The van der Waals surface area contributed by atoms with Crippen molar-refractivity contribution in [2.45, 2.75) is 65.5 Å². The minimum Gasteiger partial charge on any atom is -0.312 e. The summed E-state index contributed by atoms with van der Waals surface area (Å²) < 4.78 is 0. The van der Waals surface area contributed by atoms with Gasteiger partial charge in [0.1, 0.15) is 0 Å². The highest BCUT2D eigenvalue weighted by molar-refractivity contribution is 4.84. The zero-order valence-electron chi connectivity index (χ0n) is 11.6. The number of hydrogen-bond acceptors (Lipinski definition) is 2. The van der Waals surface area contributed by atoms with E-state index in [1.54, 1.807) is 0 Å². The van der Waals surface area contributed by atoms with E-state index < -0.39 is 0 Å². The van der Waals surface area contributed by atoms with Crippen LogP contribution in [0.2, 0.25) is 0 Å². The van der Waals surface area contributed by atoms with E-state index in [0.29, 0.717) is 0 Å². The maximum absolute atomic E-state index is 3.65. The lowest BCUT2D eigenvalue weighted by Crippen LogP contribution is -2.44. The third-order valence-electron chi connectivity index (χ3n) is 4.14. The highest BCUT2D eigenvalue weighted by Crippen LogP contribution is 2.17. The van der Waals surface area contributed by atoms with Crippen LogP contribution in [-0.4, -0.2) is 36.6 Å². The van der Waals surface area contributed by atoms with Crippen molar-refractivity contribution in [1.82, 2.24) is 10.2 Å². The van der Waals surface area contributed by atoms with Crippen LogP contribution >= 0.6 is 0 Å². The molecule has 0 bridgehead atoms. The third-order valence-corrected chi connectivity index (χ3v) is 4.14. The van der Waals surface area contributed by atoms with Gasteiger partial charge in [-0.3, -0.25) is 4.90 Å². The van der Waals surface area contributed by atoms with Gasteiger partial charge in [0.25, 0.3) is 0 Å². The van der Waals surface area contributed by atoms with Gasteiger partial charge in [0.15, 0.2) is 0 Å². The first kappa shape index (κ1) is 14.0. The van der Waals surface area contributed by atoms with Crippen LogP contribution in [-0.2, 0) is 0 Å². The third kappa shape index (κ3) is 4.06. The van der Waals surface area contributed by atoms with Crippen molar-refractivity contribution in [2.24, 2.45) is 5.92 Å². The maximum atomic E-state index is 3.65. The molecular weight excluding hydrogens is 196 g/mol. The number of nitrogens with one attached hydrogen (secondary N) is 1. The second kappa shape index (κ2) is 7.29. The lowest BCUT2D eigenvalue weighted by Gasteiger charge is -2.32. The summed E-state index contributed by atoms with van der Waals surface area (Å²) in [6, 6.07) is 1.46. The predicted octanol–water partition coefficient (Wildman–Crippen LogP) is 2.89. The second-order valence-electron chi connectivity index (χ2n) is 5.43. The molecule has 16 heavy (non-hydrogen) atoms. The van der Waals surface area contributed by atoms with Crippen molar-refractivity contribution in [3.05, 3.63) is 0 Å². The molecule has 0 aromatic carbocycles. The topological polar surface area (TPSA) is 15.3 Å². The molecule has 0 amide bonds. The Balaban J connectivity index is 2.41. The van der Waals surface area contributed by atoms with Crippen LogP contribution in [0.3, 0.4) is 0 Å². The van der Waals surface area contributed by atoms with Crippen LogP contribution in [0, 0.1) is 5.92 Å². The molecule has 1 aliphatic rings. The zero-order chi connectivity index (χ0) is 12.0. The molecule has 1 fully saturated rings. The molecule has 1 rings (SSSR count). The van der Waals surface area contributed by atoms with E-state index >= 15 is 0 Å². The van der Waals surface area contributed by atoms with Crippen molar-refractivity contribution in [3.63, 3.8) is 0 Å². The molecule has 1 heterocycles. The Morgan fingerprint density at radius 3 is 2.62 bits per heavy atom. The molecule has 3 unspecified atom stereocenters. The number of nitrogens with zero attached hydrogens (tertiary/aromatic N) is 1. The van der Waals surface area contributed by atoms with E-state index in [0.717, 1.165) is 18.0 Å². The van der Waals surface area contributed by atoms with Crippen LogP contribution < -0.4 is 5.32 Å². The molecule has 0 aromatic heterocycles. The van der Waals surface area contributed by atoms with E-state index in [1.165, 1.54) is 45.3 Å². The summed E-state index contributed by atoms with van der Waals surface area (Å²) in [4.78, 5) is 2.68. The van der Waals surface area contributed by atoms with Gasteiger partial charge in [-0.15, -0.1) is 0 Å². The van der Waals surface area contributed by atoms with Crippen LogP contribution in [0.4, 0.5) is 0 Å². The summed E-state index contributed by atoms with van der Waals surface area (Å²) >= 11 is 0. The molecule has 2 nitrogen and oxygen atoms in total. The molecule has 96 valence electrons. The summed E-state index contributed by atoms with van der Waals surface area (Å²) in [5.41, 5.74) is 0. The normalized spacial score (nSPS) is 27.6. The molecule has 0 spiro atoms. The molecule has 0 aromatic rings. The summed E-state index contributed by atoms with van der Waals surface area (Å²) in [6.45, 7) is 13.1. The van der Waals surface area contributed by atoms with E-state index in [1.807, 2.05) is 0 Å². The Bertz CT molecular complexity index is 182. The van der Waals surface area contributed by atoms with E-state index in [2.05, 4.69) is 37.9 Å². The van der Waals surface area contributed by atoms with Crippen LogP contribution in [0.25, 0.3) is 0 Å². The van der Waals surface area contributed by atoms with E-state index in [-0.39, 0.29) is 0 Å². The molecule has 3 atom stereocenters. The molecule has 1 aliphatic heterocycles. The van der Waals surface area contributed by atoms with Gasteiger partial charge < -0.3 is 5.32 Å². The van der Waals surface area contributed by atoms with Gasteiger partial charge in [0.05, 0.1) is 0 Å². The Morgan fingerprint density at radius 1 is 1.38 bits per heavy atom. The number of unbranched alkanes of at least 4 members (excludes halogenated alkanes) is 1. The molecule has 0 saturated carbocycles. The molecule has 2 heteroatoms. The average Bonchev–Trinajstić information content (AvgIpc) is 2.69. The van der Waals surface area contributed by atoms with Gasteiger partial charge in [-0.2, -0.15) is 0 Å². The van der Waals surface area contributed by atoms with E-state index in [4.69, 9.17) is 0 Å². The van der Waals surface area contributed by atoms with Crippen molar-refractivity contribution in [3.8, 4) is 0 Å². The Labute approximate surface area is 102 Å². The Kier molecular flexibility index (Phi) is 6.37. The smallest absolute Gasteiger partial charge is 0.0221 e. The van der Waals surface area contributed by atoms with Crippen LogP contribution in [0.15, 0.2) is 0 Å². The van der Waals surface area contributed by atoms with E-state index in [9.17, 15) is 0 Å². The van der Waals surface area contributed by atoms with Crippen molar-refractivity contribution in [2.75, 3.05) is 19.6 Å². The quantitative estimate of drug-likeness (QED) is 0.718. The van der Waals surface area contributed by atoms with Crippen molar-refractivity contribution < 1.29 is 0 Å². The fourth-order valence-corrected chi connectivity index (χ4v) is 2.51. The lowest BCUT2D eigenvalue weighted by atomic mass is 10.0. The average molecular weight is 226 g/mol. The first-order valence-electron chi connectivity index (χ1n) is 7.16. The van der Waals surface area contributed by atoms with Gasteiger partial charge in [-0.05, 0) is 45.2 Å². The molecular formula is C14H30N2. The zero-order valence-corrected chi connectivity index (χ0v) is 11.6. The SMILES string of the molecule is CCCCN(CC1NCCC1C)C(C)CC. The van der Waals surface area contributed by atoms with Gasteiger partial charge in [0.2, 0.25) is 0 Å². The monoisotopic (exact) mass is 226 g/mol. The van der Waals surface area contributed by atoms with Crippen molar-refractivity contribution >= 4 is 0 Å². The first-order valence-corrected chi connectivity index (χ1v) is 7.16. The summed E-state index contributed by atoms with van der Waals surface area (Å²) in [5, 5.41) is 3.65. The Hall–Kier alpha value is -0.0800. The highest BCUT2D eigenvalue weighted by Gasteiger charge is 2.25. The minimum atomic E-state index is 0.728. The second-order valence-corrected chi connectivity index (χ2v) is 5.43. The van der Waals surface area contributed by atoms with Gasteiger partial charge in [-0.25, -0.2) is 0 Å². The Morgan fingerprint density at radius 2 is 2.12 bits per heavy atom. The molecule has 1 N–H and O–H groups in total. The molecule has 0 aliphatic carbocycles. The van der Waals surface area contributed by atoms with Gasteiger partial charge in [0, 0.05) is 18.6 Å². The number of rotatable bonds is 7. The first-order chi connectivity index (χ1) is 7.69. The largest absolute Gasteiger partial charge is 0.312 e. The fourth-order valence-electron chi connectivity index (χ4n) is 2.51. The summed E-state index contributed by atoms with van der Waals surface area (Å²) in [6.07, 6.45) is 5.27. The van der Waals surface area contributed by atoms with Gasteiger partial charge >= 0.3 is 0 Å². The fraction of sp³-hybridized carbons (Fsp3) is 1.00. The van der Waals surface area contributed by atoms with Crippen LogP contribution in [0.1, 0.15) is 53.4 Å². The summed E-state index contributed by atoms with van der Waals surface area (Å²) in [5.74, 6) is 0.855. The number of hydrogen-bond donors (Lipinski definition) is 1. The minimum absolute atomic E-state index is 0.728. The predicted molar refractivity (Wildman–Crippen MR) is 71.8 cm³/mol. The van der Waals surface area contributed by atoms with Crippen molar-refractivity contribution in [1.29, 1.82) is 0 Å². The van der Waals surface area contributed by atoms with Crippen LogP contribution in [0.5, 0.6) is 0 Å². The molecule has 0 radical (unpaired) electrons. The lowest BCUT2D eigenvalue weighted by molar-refractivity contribution is 0.174.